The number of nitrogens with zero attached hydrogens (tertiary/aromatic N) is 2. The molecule has 1 saturated heterocycles. The van der Waals surface area contributed by atoms with E-state index in [0.717, 1.165) is 0 Å². The summed E-state index contributed by atoms with van der Waals surface area (Å²) in [5.74, 6) is 0. The molecule has 0 aliphatic carbocycles. The standard InChI is InChI=1S/C8H14N2O3S/c1-2-10(8(11)12)7(14)9-3-5-13-6-4-9/h2-6H2,1H3,(H,11,12). The van der Waals surface area contributed by atoms with Crippen LogP contribution in [0.2, 0.25) is 0 Å². The van der Waals surface area contributed by atoms with Crippen molar-refractivity contribution < 1.29 is 14.6 Å². The molecular formula is C8H14N2O3S. The van der Waals surface area contributed by atoms with Crippen LogP contribution in [0.5, 0.6) is 0 Å². The first kappa shape index (κ1) is 11.2. The van der Waals surface area contributed by atoms with Crippen molar-refractivity contribution in [2.45, 2.75) is 6.92 Å². The predicted octanol–water partition coefficient (Wildman–Crippen LogP) is 0.603. The molecule has 1 amide bonds. The minimum Gasteiger partial charge on any atom is -0.465 e. The van der Waals surface area contributed by atoms with Gasteiger partial charge in [0.1, 0.15) is 0 Å². The molecule has 0 aromatic heterocycles. The molecule has 1 N–H and O–H groups in total. The van der Waals surface area contributed by atoms with Crippen molar-refractivity contribution in [3.63, 3.8) is 0 Å². The summed E-state index contributed by atoms with van der Waals surface area (Å²) in [6.45, 7) is 4.70. The number of carboxylic acid groups (broad SMARTS) is 1. The minimum absolute atomic E-state index is 0.378. The molecule has 1 aliphatic heterocycles. The Morgan fingerprint density at radius 3 is 2.57 bits per heavy atom. The van der Waals surface area contributed by atoms with E-state index in [9.17, 15) is 4.79 Å². The van der Waals surface area contributed by atoms with E-state index in [1.54, 1.807) is 6.92 Å². The van der Waals surface area contributed by atoms with Crippen LogP contribution < -0.4 is 0 Å². The van der Waals surface area contributed by atoms with Crippen LogP contribution in [0.4, 0.5) is 4.79 Å². The van der Waals surface area contributed by atoms with Gasteiger partial charge in [-0.25, -0.2) is 4.79 Å². The molecule has 0 spiro atoms. The summed E-state index contributed by atoms with van der Waals surface area (Å²) in [5, 5.41) is 9.23. The van der Waals surface area contributed by atoms with Gasteiger partial charge in [0.25, 0.3) is 0 Å². The molecule has 0 radical (unpaired) electrons. The summed E-state index contributed by atoms with van der Waals surface area (Å²) in [6.07, 6.45) is -0.996. The predicted molar refractivity (Wildman–Crippen MR) is 55.4 cm³/mol. The number of ether oxygens (including phenoxy) is 1. The SMILES string of the molecule is CCN(C(=O)O)C(=S)N1CCOCC1. The number of thiocarbonyl (C=S) groups is 1. The zero-order valence-electron chi connectivity index (χ0n) is 8.10. The Labute approximate surface area is 88.2 Å². The van der Waals surface area contributed by atoms with Gasteiger partial charge in [-0.15, -0.1) is 0 Å². The lowest BCUT2D eigenvalue weighted by molar-refractivity contribution is 0.0636. The first-order valence-electron chi connectivity index (χ1n) is 4.54. The van der Waals surface area contributed by atoms with Crippen LogP contribution in [0, 0.1) is 0 Å². The van der Waals surface area contributed by atoms with Crippen molar-refractivity contribution >= 4 is 23.4 Å². The molecule has 80 valence electrons. The van der Waals surface area contributed by atoms with Gasteiger partial charge in [-0.2, -0.15) is 0 Å². The largest absolute Gasteiger partial charge is 0.465 e. The van der Waals surface area contributed by atoms with Crippen LogP contribution in [0.15, 0.2) is 0 Å². The highest BCUT2D eigenvalue weighted by molar-refractivity contribution is 7.80. The maximum Gasteiger partial charge on any atom is 0.413 e. The second-order valence-electron chi connectivity index (χ2n) is 2.91. The molecule has 0 atom stereocenters. The average Bonchev–Trinajstić information content (AvgIpc) is 2.19. The molecule has 0 unspecified atom stereocenters. The van der Waals surface area contributed by atoms with Crippen molar-refractivity contribution in [2.24, 2.45) is 0 Å². The Morgan fingerprint density at radius 2 is 2.14 bits per heavy atom. The van der Waals surface area contributed by atoms with Crippen molar-refractivity contribution in [2.75, 3.05) is 32.8 Å². The first-order chi connectivity index (χ1) is 6.66. The van der Waals surface area contributed by atoms with Crippen molar-refractivity contribution in [1.29, 1.82) is 0 Å². The monoisotopic (exact) mass is 218 g/mol. The zero-order valence-corrected chi connectivity index (χ0v) is 8.92. The lowest BCUT2D eigenvalue weighted by Gasteiger charge is -2.32. The van der Waals surface area contributed by atoms with E-state index in [-0.39, 0.29) is 0 Å². The van der Waals surface area contributed by atoms with Gasteiger partial charge in [0.05, 0.1) is 13.2 Å². The summed E-state index contributed by atoms with van der Waals surface area (Å²) in [4.78, 5) is 13.8. The quantitative estimate of drug-likeness (QED) is 0.653. The summed E-state index contributed by atoms with van der Waals surface area (Å²) >= 11 is 5.09. The van der Waals surface area contributed by atoms with E-state index in [0.29, 0.717) is 38.0 Å². The fourth-order valence-corrected chi connectivity index (χ4v) is 1.67. The molecular weight excluding hydrogens is 204 g/mol. The Hall–Kier alpha value is -0.880. The normalized spacial score (nSPS) is 16.5. The van der Waals surface area contributed by atoms with Gasteiger partial charge in [-0.05, 0) is 19.1 Å². The van der Waals surface area contributed by atoms with E-state index < -0.39 is 6.09 Å². The van der Waals surface area contributed by atoms with Crippen LogP contribution in [0.3, 0.4) is 0 Å². The molecule has 0 bridgehead atoms. The van der Waals surface area contributed by atoms with E-state index in [1.807, 2.05) is 4.90 Å². The highest BCUT2D eigenvalue weighted by Crippen LogP contribution is 2.03. The molecule has 1 aliphatic rings. The van der Waals surface area contributed by atoms with Gasteiger partial charge in [-0.3, -0.25) is 4.90 Å². The third-order valence-electron chi connectivity index (χ3n) is 2.06. The summed E-state index contributed by atoms with van der Waals surface area (Å²) < 4.78 is 5.16. The Kier molecular flexibility index (Phi) is 4.09. The topological polar surface area (TPSA) is 53.0 Å². The molecule has 0 aromatic rings. The molecule has 14 heavy (non-hydrogen) atoms. The van der Waals surface area contributed by atoms with E-state index in [2.05, 4.69) is 0 Å². The average molecular weight is 218 g/mol. The van der Waals surface area contributed by atoms with Crippen LogP contribution in [-0.4, -0.2) is 59.0 Å². The fraction of sp³-hybridized carbons (Fsp3) is 0.750. The summed E-state index contributed by atoms with van der Waals surface area (Å²) in [5.41, 5.74) is 0. The summed E-state index contributed by atoms with van der Waals surface area (Å²) in [7, 11) is 0. The van der Waals surface area contributed by atoms with Gasteiger partial charge >= 0.3 is 6.09 Å². The van der Waals surface area contributed by atoms with Gasteiger partial charge in [0.2, 0.25) is 0 Å². The molecule has 1 heterocycles. The second kappa shape index (κ2) is 5.11. The smallest absolute Gasteiger partial charge is 0.413 e. The van der Waals surface area contributed by atoms with Crippen LogP contribution >= 0.6 is 12.2 Å². The molecule has 1 rings (SSSR count). The van der Waals surface area contributed by atoms with E-state index in [4.69, 9.17) is 22.1 Å². The lowest BCUT2D eigenvalue weighted by atomic mass is 10.4. The highest BCUT2D eigenvalue weighted by atomic mass is 32.1. The minimum atomic E-state index is -0.996. The number of rotatable bonds is 1. The third-order valence-corrected chi connectivity index (χ3v) is 2.54. The van der Waals surface area contributed by atoms with Crippen LogP contribution in [0.1, 0.15) is 6.92 Å². The van der Waals surface area contributed by atoms with Gasteiger partial charge in [-0.1, -0.05) is 0 Å². The molecule has 1 fully saturated rings. The number of hydrogen-bond donors (Lipinski definition) is 1. The van der Waals surface area contributed by atoms with Crippen LogP contribution in [0.25, 0.3) is 0 Å². The Balaban J connectivity index is 2.56. The second-order valence-corrected chi connectivity index (χ2v) is 3.27. The number of morpholine rings is 1. The van der Waals surface area contributed by atoms with Gasteiger partial charge < -0.3 is 14.7 Å². The number of amides is 1. The number of carbonyl (C=O) groups is 1. The van der Waals surface area contributed by atoms with Crippen molar-refractivity contribution in [3.05, 3.63) is 0 Å². The lowest BCUT2D eigenvalue weighted by Crippen LogP contribution is -2.49. The van der Waals surface area contributed by atoms with Crippen molar-refractivity contribution in [3.8, 4) is 0 Å². The molecule has 5 nitrogen and oxygen atoms in total. The Bertz CT molecular complexity index is 229. The number of hydrogen-bond acceptors (Lipinski definition) is 3. The van der Waals surface area contributed by atoms with E-state index in [1.165, 1.54) is 4.90 Å². The van der Waals surface area contributed by atoms with Crippen molar-refractivity contribution in [1.82, 2.24) is 9.80 Å². The van der Waals surface area contributed by atoms with E-state index >= 15 is 0 Å². The highest BCUT2D eigenvalue weighted by Gasteiger charge is 2.22. The fourth-order valence-electron chi connectivity index (χ4n) is 1.28. The van der Waals surface area contributed by atoms with Gasteiger partial charge in [0.15, 0.2) is 5.11 Å². The van der Waals surface area contributed by atoms with Crippen LogP contribution in [-0.2, 0) is 4.74 Å². The maximum atomic E-state index is 10.8. The molecule has 6 heteroatoms. The third kappa shape index (κ3) is 2.55. The molecule has 0 saturated carbocycles. The molecule has 0 aromatic carbocycles. The Morgan fingerprint density at radius 1 is 1.57 bits per heavy atom. The van der Waals surface area contributed by atoms with Gasteiger partial charge in [0, 0.05) is 19.6 Å². The summed E-state index contributed by atoms with van der Waals surface area (Å²) in [6, 6.07) is 0. The maximum absolute atomic E-state index is 10.8. The first-order valence-corrected chi connectivity index (χ1v) is 4.94. The zero-order chi connectivity index (χ0) is 10.6.